The van der Waals surface area contributed by atoms with Gasteiger partial charge in [-0.15, -0.1) is 12.4 Å². The topological polar surface area (TPSA) is 199 Å². The molecule has 4 rings (SSSR count). The molecule has 3 aliphatic carbocycles. The SMILES string of the molecule is CN(C)C1C(=O)C(C(N)=O)=C(O)C2(O)C(=O)C3=C(O)c4c(cc(Cl)c(NN)c4O)CC3CC12.Cl. The lowest BCUT2D eigenvalue weighted by atomic mass is 9.57. The smallest absolute Gasteiger partial charge is 0.255 e. The van der Waals surface area contributed by atoms with Crippen LogP contribution in [0.25, 0.3) is 5.76 Å². The lowest BCUT2D eigenvalue weighted by molar-refractivity contribution is -0.153. The number of rotatable bonds is 3. The number of aliphatic hydroxyl groups is 3. The second-order valence-electron chi connectivity index (χ2n) is 8.72. The zero-order valence-corrected chi connectivity index (χ0v) is 19.7. The molecule has 1 amide bonds. The van der Waals surface area contributed by atoms with Crippen LogP contribution in [0.5, 0.6) is 5.75 Å². The predicted molar refractivity (Wildman–Crippen MR) is 124 cm³/mol. The Morgan fingerprint density at radius 3 is 2.41 bits per heavy atom. The highest BCUT2D eigenvalue weighted by atomic mass is 35.5. The largest absolute Gasteiger partial charge is 0.508 e. The van der Waals surface area contributed by atoms with E-state index >= 15 is 0 Å². The van der Waals surface area contributed by atoms with Crippen molar-refractivity contribution in [2.24, 2.45) is 23.4 Å². The van der Waals surface area contributed by atoms with Crippen molar-refractivity contribution in [1.29, 1.82) is 0 Å². The number of hydrogen-bond donors (Lipinski definition) is 7. The first-order valence-corrected chi connectivity index (χ1v) is 10.4. The molecule has 11 nitrogen and oxygen atoms in total. The molecule has 0 bridgehead atoms. The van der Waals surface area contributed by atoms with Gasteiger partial charge >= 0.3 is 0 Å². The molecule has 13 heteroatoms. The summed E-state index contributed by atoms with van der Waals surface area (Å²) in [7, 11) is 3.07. The van der Waals surface area contributed by atoms with Gasteiger partial charge in [-0.2, -0.15) is 0 Å². The lowest BCUT2D eigenvalue weighted by Crippen LogP contribution is -2.65. The van der Waals surface area contributed by atoms with Crippen LogP contribution in [-0.4, -0.2) is 68.5 Å². The van der Waals surface area contributed by atoms with Crippen LogP contribution in [0.15, 0.2) is 23.0 Å². The minimum atomic E-state index is -2.68. The van der Waals surface area contributed by atoms with Crippen LogP contribution in [0.4, 0.5) is 5.69 Å². The van der Waals surface area contributed by atoms with Gasteiger partial charge in [0.25, 0.3) is 5.91 Å². The Hall–Kier alpha value is -2.83. The number of carbonyl (C=O) groups excluding carboxylic acids is 3. The molecule has 0 aromatic heterocycles. The Labute approximate surface area is 205 Å². The monoisotopic (exact) mass is 514 g/mol. The summed E-state index contributed by atoms with van der Waals surface area (Å²) in [6.45, 7) is 0. The van der Waals surface area contributed by atoms with E-state index in [9.17, 15) is 34.8 Å². The number of anilines is 1. The molecule has 1 aromatic rings. The van der Waals surface area contributed by atoms with Crippen LogP contribution in [0, 0.1) is 11.8 Å². The fourth-order valence-corrected chi connectivity index (χ4v) is 5.68. The number of nitrogens with one attached hydrogen (secondary N) is 1. The van der Waals surface area contributed by atoms with E-state index in [1.165, 1.54) is 25.1 Å². The number of likely N-dealkylation sites (N-methyl/N-ethyl adjacent to an activating group) is 1. The van der Waals surface area contributed by atoms with Crippen molar-refractivity contribution in [1.82, 2.24) is 4.90 Å². The Balaban J connectivity index is 0.00000324. The number of Topliss-reactive ketones (excluding diaryl/α,β-unsaturated/α-hetero) is 2. The van der Waals surface area contributed by atoms with Gasteiger partial charge in [-0.1, -0.05) is 11.6 Å². The van der Waals surface area contributed by atoms with Crippen molar-refractivity contribution in [2.75, 3.05) is 19.5 Å². The summed E-state index contributed by atoms with van der Waals surface area (Å²) >= 11 is 6.16. The van der Waals surface area contributed by atoms with Gasteiger partial charge in [0.2, 0.25) is 5.78 Å². The minimum Gasteiger partial charge on any atom is -0.508 e. The highest BCUT2D eigenvalue weighted by Crippen LogP contribution is 2.53. The summed E-state index contributed by atoms with van der Waals surface area (Å²) in [6.07, 6.45) is 0.147. The molecule has 4 unspecified atom stereocenters. The second-order valence-corrected chi connectivity index (χ2v) is 9.13. The third kappa shape index (κ3) is 3.19. The average molecular weight is 515 g/mol. The number of aromatic hydroxyl groups is 1. The Morgan fingerprint density at radius 2 is 1.88 bits per heavy atom. The van der Waals surface area contributed by atoms with E-state index < -0.39 is 63.8 Å². The summed E-state index contributed by atoms with van der Waals surface area (Å²) in [5, 5.41) is 44.0. The Morgan fingerprint density at radius 1 is 1.26 bits per heavy atom. The van der Waals surface area contributed by atoms with Crippen molar-refractivity contribution >= 4 is 52.9 Å². The van der Waals surface area contributed by atoms with Gasteiger partial charge in [0.05, 0.1) is 16.6 Å². The summed E-state index contributed by atoms with van der Waals surface area (Å²) in [6, 6.07) is 0.352. The maximum Gasteiger partial charge on any atom is 0.255 e. The first kappa shape index (κ1) is 25.8. The number of benzene rings is 1. The fraction of sp³-hybridized carbons (Fsp3) is 0.381. The van der Waals surface area contributed by atoms with E-state index in [2.05, 4.69) is 5.43 Å². The first-order valence-electron chi connectivity index (χ1n) is 10.0. The van der Waals surface area contributed by atoms with Crippen molar-refractivity contribution in [3.63, 3.8) is 0 Å². The summed E-state index contributed by atoms with van der Waals surface area (Å²) in [5.41, 5.74) is 3.99. The maximum atomic E-state index is 13.6. The number of carbonyl (C=O) groups is 3. The Kier molecular flexibility index (Phi) is 6.40. The molecule has 9 N–H and O–H groups in total. The average Bonchev–Trinajstić information content (AvgIpc) is 2.70. The number of nitrogens with two attached hydrogens (primary N) is 2. The number of phenols is 1. The van der Waals surface area contributed by atoms with Crippen LogP contribution < -0.4 is 17.0 Å². The molecule has 1 aromatic carbocycles. The zero-order valence-electron chi connectivity index (χ0n) is 18.1. The molecule has 0 radical (unpaired) electrons. The van der Waals surface area contributed by atoms with E-state index in [1.54, 1.807) is 0 Å². The summed E-state index contributed by atoms with van der Waals surface area (Å²) in [5.74, 6) is -1.82. The molecular weight excluding hydrogens is 491 g/mol. The van der Waals surface area contributed by atoms with E-state index in [0.717, 1.165) is 0 Å². The standard InChI is InChI=1S/C21H23ClN4O7.ClH/c1-26(2)14-8-4-6-3-7-5-9(22)13(25-24)16(28)10(7)15(27)11(6)18(30)21(8,33)19(31)12(17(14)29)20(23)32;/h5-6,8,14,25,27-28,31,33H,3-4,24H2,1-2H3,(H2,23,32);1H. The molecule has 0 heterocycles. The predicted octanol–water partition coefficient (Wildman–Crippen LogP) is 0.325. The quantitative estimate of drug-likeness (QED) is 0.127. The molecule has 1 saturated carbocycles. The third-order valence-electron chi connectivity index (χ3n) is 6.81. The number of hydrogen-bond acceptors (Lipinski definition) is 10. The first-order chi connectivity index (χ1) is 15.4. The van der Waals surface area contributed by atoms with Crippen LogP contribution >= 0.6 is 24.0 Å². The number of fused-ring (bicyclic) bond motifs is 3. The number of nitrogen functional groups attached to an aromatic ring is 1. The summed E-state index contributed by atoms with van der Waals surface area (Å²) in [4.78, 5) is 40.0. The van der Waals surface area contributed by atoms with Crippen LogP contribution in [-0.2, 0) is 20.8 Å². The molecule has 184 valence electrons. The highest BCUT2D eigenvalue weighted by Gasteiger charge is 2.64. The Bertz CT molecular complexity index is 1200. The van der Waals surface area contributed by atoms with Gasteiger partial charge in [0.15, 0.2) is 17.1 Å². The normalized spacial score (nSPS) is 28.2. The van der Waals surface area contributed by atoms with E-state index in [-0.39, 0.29) is 47.1 Å². The number of halogens is 2. The number of phenolic OH excluding ortho intramolecular Hbond substituents is 1. The molecule has 0 spiro atoms. The third-order valence-corrected chi connectivity index (χ3v) is 7.11. The van der Waals surface area contributed by atoms with Crippen LogP contribution in [0.3, 0.4) is 0 Å². The lowest BCUT2D eigenvalue weighted by Gasteiger charge is -2.50. The zero-order chi connectivity index (χ0) is 24.6. The van der Waals surface area contributed by atoms with Crippen LogP contribution in [0.1, 0.15) is 17.5 Å². The number of primary amides is 1. The van der Waals surface area contributed by atoms with Gasteiger partial charge in [-0.3, -0.25) is 25.1 Å². The molecule has 0 aliphatic heterocycles. The van der Waals surface area contributed by atoms with Gasteiger partial charge in [0, 0.05) is 11.5 Å². The highest BCUT2D eigenvalue weighted by molar-refractivity contribution is 6.34. The molecule has 0 saturated heterocycles. The van der Waals surface area contributed by atoms with Crippen molar-refractivity contribution < 1.29 is 34.8 Å². The van der Waals surface area contributed by atoms with Crippen molar-refractivity contribution in [3.05, 3.63) is 39.1 Å². The molecule has 4 atom stereocenters. The van der Waals surface area contributed by atoms with Crippen LogP contribution in [0.2, 0.25) is 5.02 Å². The van der Waals surface area contributed by atoms with Gasteiger partial charge in [-0.05, 0) is 44.5 Å². The van der Waals surface area contributed by atoms with Gasteiger partial charge in [0.1, 0.15) is 22.8 Å². The number of aliphatic hydroxyl groups excluding tert-OH is 2. The second kappa shape index (κ2) is 8.43. The summed E-state index contributed by atoms with van der Waals surface area (Å²) < 4.78 is 0. The molecule has 34 heavy (non-hydrogen) atoms. The van der Waals surface area contributed by atoms with E-state index in [0.29, 0.717) is 5.56 Å². The number of hydrazine groups is 1. The van der Waals surface area contributed by atoms with Crippen molar-refractivity contribution in [3.8, 4) is 5.75 Å². The van der Waals surface area contributed by atoms with E-state index in [1.807, 2.05) is 0 Å². The minimum absolute atomic E-state index is 0. The van der Waals surface area contributed by atoms with Gasteiger partial charge < -0.3 is 31.6 Å². The number of amides is 1. The maximum absolute atomic E-state index is 13.6. The van der Waals surface area contributed by atoms with E-state index in [4.69, 9.17) is 23.2 Å². The van der Waals surface area contributed by atoms with Crippen molar-refractivity contribution in [2.45, 2.75) is 24.5 Å². The fourth-order valence-electron chi connectivity index (χ4n) is 5.40. The molecule has 1 fully saturated rings. The van der Waals surface area contributed by atoms with Gasteiger partial charge in [-0.25, -0.2) is 0 Å². The number of nitrogens with zero attached hydrogens (tertiary/aromatic N) is 1. The molecule has 3 aliphatic rings. The molecular formula is C21H24Cl2N4O7. The number of ketones is 2.